The first-order chi connectivity index (χ1) is 9.37. The third-order valence-electron chi connectivity index (χ3n) is 3.00. The van der Waals surface area contributed by atoms with Gasteiger partial charge < -0.3 is 9.45 Å². The molecule has 0 bridgehead atoms. The summed E-state index contributed by atoms with van der Waals surface area (Å²) in [6.45, 7) is 2.63. The molecular formula is C14H26NNaO4S. The van der Waals surface area contributed by atoms with Crippen molar-refractivity contribution in [2.75, 3.05) is 19.3 Å². The van der Waals surface area contributed by atoms with Crippen LogP contribution in [0.5, 0.6) is 0 Å². The summed E-state index contributed by atoms with van der Waals surface area (Å²) in [5.41, 5.74) is 0. The maximum Gasteiger partial charge on any atom is 1.00 e. The summed E-state index contributed by atoms with van der Waals surface area (Å²) in [6.07, 6.45) is 9.89. The van der Waals surface area contributed by atoms with Gasteiger partial charge in [-0.1, -0.05) is 32.3 Å². The predicted octanol–water partition coefficient (Wildman–Crippen LogP) is -0.699. The van der Waals surface area contributed by atoms with E-state index in [9.17, 15) is 17.8 Å². The van der Waals surface area contributed by atoms with Crippen molar-refractivity contribution in [3.8, 4) is 0 Å². The Bertz CT molecular complexity index is 396. The van der Waals surface area contributed by atoms with E-state index in [1.165, 1.54) is 19.3 Å². The van der Waals surface area contributed by atoms with E-state index in [1.807, 2.05) is 6.08 Å². The van der Waals surface area contributed by atoms with Crippen molar-refractivity contribution < 1.29 is 47.3 Å². The topological polar surface area (TPSA) is 77.5 Å². The smallest absolute Gasteiger partial charge is 0.748 e. The van der Waals surface area contributed by atoms with Crippen LogP contribution in [-0.4, -0.2) is 43.1 Å². The predicted molar refractivity (Wildman–Crippen MR) is 79.3 cm³/mol. The van der Waals surface area contributed by atoms with Crippen LogP contribution in [0.15, 0.2) is 12.2 Å². The Morgan fingerprint density at radius 1 is 1.14 bits per heavy atom. The van der Waals surface area contributed by atoms with Gasteiger partial charge in [0, 0.05) is 19.3 Å². The molecule has 0 saturated heterocycles. The van der Waals surface area contributed by atoms with Crippen molar-refractivity contribution in [1.29, 1.82) is 0 Å². The number of hydrogen-bond donors (Lipinski definition) is 0. The van der Waals surface area contributed by atoms with Gasteiger partial charge in [-0.15, -0.1) is 0 Å². The maximum absolute atomic E-state index is 11.7. The SMILES string of the molecule is CCCCCC/C=C/C(=O)N(C)CCCCS(=O)(=O)[O-].[Na+]. The molecule has 0 aliphatic carbocycles. The number of hydrogen-bond acceptors (Lipinski definition) is 4. The first kappa shape index (κ1) is 23.4. The second-order valence-corrected chi connectivity index (χ2v) is 6.50. The number of allylic oxidation sites excluding steroid dienone is 1. The van der Waals surface area contributed by atoms with Crippen LogP contribution in [0.4, 0.5) is 0 Å². The Kier molecular flexibility index (Phi) is 15.3. The van der Waals surface area contributed by atoms with Crippen molar-refractivity contribution in [2.24, 2.45) is 0 Å². The number of carbonyl (C=O) groups is 1. The van der Waals surface area contributed by atoms with E-state index in [2.05, 4.69) is 6.92 Å². The minimum Gasteiger partial charge on any atom is -0.748 e. The molecule has 0 aromatic carbocycles. The van der Waals surface area contributed by atoms with Crippen molar-refractivity contribution >= 4 is 16.0 Å². The normalized spacial score (nSPS) is 11.4. The van der Waals surface area contributed by atoms with Gasteiger partial charge in [-0.05, 0) is 31.8 Å². The van der Waals surface area contributed by atoms with Crippen LogP contribution in [0.2, 0.25) is 0 Å². The van der Waals surface area contributed by atoms with Crippen LogP contribution in [0.1, 0.15) is 51.9 Å². The van der Waals surface area contributed by atoms with Gasteiger partial charge in [0.25, 0.3) is 0 Å². The molecule has 0 saturated carbocycles. The minimum atomic E-state index is -4.14. The fourth-order valence-electron chi connectivity index (χ4n) is 1.74. The summed E-state index contributed by atoms with van der Waals surface area (Å²) in [7, 11) is -2.46. The molecule has 0 N–H and O–H groups in total. The van der Waals surface area contributed by atoms with Gasteiger partial charge in [0.15, 0.2) is 0 Å². The van der Waals surface area contributed by atoms with E-state index in [1.54, 1.807) is 18.0 Å². The molecule has 0 fully saturated rings. The van der Waals surface area contributed by atoms with E-state index in [0.29, 0.717) is 19.4 Å². The largest absolute Gasteiger partial charge is 1.00 e. The molecule has 0 aliphatic heterocycles. The van der Waals surface area contributed by atoms with E-state index in [4.69, 9.17) is 0 Å². The van der Waals surface area contributed by atoms with Crippen molar-refractivity contribution in [3.05, 3.63) is 12.2 Å². The molecule has 0 unspecified atom stereocenters. The zero-order valence-electron chi connectivity index (χ0n) is 13.5. The van der Waals surface area contributed by atoms with Crippen LogP contribution < -0.4 is 29.6 Å². The summed E-state index contributed by atoms with van der Waals surface area (Å²) in [5, 5.41) is 0. The zero-order valence-corrected chi connectivity index (χ0v) is 16.3. The van der Waals surface area contributed by atoms with Gasteiger partial charge >= 0.3 is 29.6 Å². The summed E-state index contributed by atoms with van der Waals surface area (Å²) in [4.78, 5) is 13.2. The Morgan fingerprint density at radius 3 is 2.38 bits per heavy atom. The van der Waals surface area contributed by atoms with E-state index < -0.39 is 10.1 Å². The molecule has 0 rings (SSSR count). The van der Waals surface area contributed by atoms with Crippen LogP contribution in [-0.2, 0) is 14.9 Å². The van der Waals surface area contributed by atoms with Crippen LogP contribution in [0.25, 0.3) is 0 Å². The molecule has 0 aliphatic rings. The van der Waals surface area contributed by atoms with Gasteiger partial charge in [0.2, 0.25) is 5.91 Å². The Balaban J connectivity index is 0. The summed E-state index contributed by atoms with van der Waals surface area (Å²) >= 11 is 0. The molecular weight excluding hydrogens is 301 g/mol. The molecule has 0 radical (unpaired) electrons. The Hall–Kier alpha value is 0.120. The van der Waals surface area contributed by atoms with Gasteiger partial charge in [0.1, 0.15) is 0 Å². The summed E-state index contributed by atoms with van der Waals surface area (Å²) in [6, 6.07) is 0. The third kappa shape index (κ3) is 16.3. The van der Waals surface area contributed by atoms with E-state index in [-0.39, 0.29) is 41.2 Å². The van der Waals surface area contributed by atoms with Gasteiger partial charge in [-0.2, -0.15) is 0 Å². The fourth-order valence-corrected chi connectivity index (χ4v) is 2.30. The quantitative estimate of drug-likeness (QED) is 0.218. The molecule has 0 atom stereocenters. The van der Waals surface area contributed by atoms with Gasteiger partial charge in [0.05, 0.1) is 10.1 Å². The van der Waals surface area contributed by atoms with Crippen molar-refractivity contribution in [1.82, 2.24) is 4.90 Å². The number of carbonyl (C=O) groups excluding carboxylic acids is 1. The van der Waals surface area contributed by atoms with Crippen molar-refractivity contribution in [3.63, 3.8) is 0 Å². The fraction of sp³-hybridized carbons (Fsp3) is 0.786. The van der Waals surface area contributed by atoms with Gasteiger partial charge in [-0.25, -0.2) is 8.42 Å². The molecule has 118 valence electrons. The first-order valence-electron chi connectivity index (χ1n) is 7.22. The van der Waals surface area contributed by atoms with E-state index in [0.717, 1.165) is 12.8 Å². The number of likely N-dealkylation sites (N-methyl/N-ethyl adjacent to an activating group) is 1. The molecule has 0 aromatic heterocycles. The molecule has 21 heavy (non-hydrogen) atoms. The van der Waals surface area contributed by atoms with Crippen LogP contribution in [0, 0.1) is 0 Å². The maximum atomic E-state index is 11.7. The van der Waals surface area contributed by atoms with Crippen LogP contribution >= 0.6 is 0 Å². The summed E-state index contributed by atoms with van der Waals surface area (Å²) < 4.78 is 31.2. The van der Waals surface area contributed by atoms with E-state index >= 15 is 0 Å². The number of unbranched alkanes of at least 4 members (excludes halogenated alkanes) is 5. The standard InChI is InChI=1S/C14H27NO4S.Na/c1-3-4-5-6-7-8-11-14(16)15(2)12-9-10-13-20(17,18)19;/h8,11H,3-7,9-10,12-13H2,1-2H3,(H,17,18,19);/q;+1/p-1/b11-8+;. The average Bonchev–Trinajstić information content (AvgIpc) is 2.37. The zero-order chi connectivity index (χ0) is 15.4. The molecule has 7 heteroatoms. The second-order valence-electron chi connectivity index (χ2n) is 4.98. The summed E-state index contributed by atoms with van der Waals surface area (Å²) in [5.74, 6) is -0.437. The molecule has 0 heterocycles. The Labute approximate surface area is 151 Å². The monoisotopic (exact) mass is 327 g/mol. The van der Waals surface area contributed by atoms with Gasteiger partial charge in [-0.3, -0.25) is 4.79 Å². The third-order valence-corrected chi connectivity index (χ3v) is 3.79. The average molecular weight is 327 g/mol. The molecule has 0 aromatic rings. The van der Waals surface area contributed by atoms with Crippen molar-refractivity contribution in [2.45, 2.75) is 51.9 Å². The number of rotatable bonds is 11. The number of amides is 1. The Morgan fingerprint density at radius 2 is 1.81 bits per heavy atom. The molecule has 5 nitrogen and oxygen atoms in total. The molecule has 1 amide bonds. The first-order valence-corrected chi connectivity index (χ1v) is 8.79. The number of nitrogens with zero attached hydrogens (tertiary/aromatic N) is 1. The minimum absolute atomic E-state index is 0. The second kappa shape index (κ2) is 13.8. The molecule has 0 spiro atoms. The van der Waals surface area contributed by atoms with Crippen LogP contribution in [0.3, 0.4) is 0 Å².